The number of aromatic nitrogens is 3. The zero-order valence-electron chi connectivity index (χ0n) is 18.8. The molecule has 4 aromatic rings. The predicted molar refractivity (Wildman–Crippen MR) is 134 cm³/mol. The van der Waals surface area contributed by atoms with Crippen molar-refractivity contribution in [1.82, 2.24) is 15.0 Å². The molecule has 5 rings (SSSR count). The first-order valence-electron chi connectivity index (χ1n) is 11.4. The van der Waals surface area contributed by atoms with Crippen LogP contribution in [0.15, 0.2) is 102 Å². The highest BCUT2D eigenvalue weighted by molar-refractivity contribution is 9.10. The summed E-state index contributed by atoms with van der Waals surface area (Å²) in [6.07, 6.45) is 5.09. The lowest BCUT2D eigenvalue weighted by molar-refractivity contribution is -0.160. The number of aliphatic hydroxyl groups is 2. The number of benzene rings is 1. The van der Waals surface area contributed by atoms with E-state index >= 15 is 0 Å². The Balaban J connectivity index is 1.73. The van der Waals surface area contributed by atoms with Gasteiger partial charge in [0.25, 0.3) is 0 Å². The average Bonchev–Trinajstić information content (AvgIpc) is 2.90. The molecule has 7 heteroatoms. The van der Waals surface area contributed by atoms with Crippen LogP contribution >= 0.6 is 15.9 Å². The van der Waals surface area contributed by atoms with Crippen LogP contribution in [0, 0.1) is 5.92 Å². The molecule has 0 radical (unpaired) electrons. The second-order valence-corrected chi connectivity index (χ2v) is 9.86. The quantitative estimate of drug-likeness (QED) is 0.361. The molecule has 1 aliphatic rings. The lowest BCUT2D eigenvalue weighted by Gasteiger charge is -2.51. The fourth-order valence-corrected chi connectivity index (χ4v) is 5.52. The molecular formula is C28H24BrN3O3. The smallest absolute Gasteiger partial charge is 0.190 e. The lowest BCUT2D eigenvalue weighted by Crippen LogP contribution is -2.57. The molecular weight excluding hydrogens is 506 g/mol. The Bertz CT molecular complexity index is 1250. The zero-order chi connectivity index (χ0) is 24.5. The van der Waals surface area contributed by atoms with Gasteiger partial charge in [-0.25, -0.2) is 0 Å². The summed E-state index contributed by atoms with van der Waals surface area (Å²) in [7, 11) is 0. The third-order valence-electron chi connectivity index (χ3n) is 6.81. The minimum Gasteiger partial charge on any atom is -0.383 e. The molecule has 6 nitrogen and oxygen atoms in total. The first-order chi connectivity index (χ1) is 16.9. The molecule has 0 aliphatic heterocycles. The van der Waals surface area contributed by atoms with Gasteiger partial charge in [0.2, 0.25) is 0 Å². The van der Waals surface area contributed by atoms with Crippen molar-refractivity contribution in [3.8, 4) is 0 Å². The fourth-order valence-electron chi connectivity index (χ4n) is 5.26. The number of carbonyl (C=O) groups is 1. The summed E-state index contributed by atoms with van der Waals surface area (Å²) in [6, 6.07) is 23.3. The van der Waals surface area contributed by atoms with Crippen molar-refractivity contribution in [1.29, 1.82) is 0 Å². The lowest BCUT2D eigenvalue weighted by atomic mass is 9.57. The third kappa shape index (κ3) is 4.31. The molecule has 1 aromatic carbocycles. The summed E-state index contributed by atoms with van der Waals surface area (Å²) in [6.45, 7) is 0. The Morgan fingerprint density at radius 1 is 0.743 bits per heavy atom. The molecule has 176 valence electrons. The molecule has 1 saturated carbocycles. The Hall–Kier alpha value is -3.26. The number of hydrogen-bond donors (Lipinski definition) is 2. The maximum atomic E-state index is 14.0. The summed E-state index contributed by atoms with van der Waals surface area (Å²) >= 11 is 3.47. The number of halogens is 1. The van der Waals surface area contributed by atoms with Gasteiger partial charge in [-0.15, -0.1) is 0 Å². The van der Waals surface area contributed by atoms with Crippen LogP contribution in [0.3, 0.4) is 0 Å². The highest BCUT2D eigenvalue weighted by Gasteiger charge is 2.61. The molecule has 2 N–H and O–H groups in total. The average molecular weight is 530 g/mol. The van der Waals surface area contributed by atoms with E-state index in [4.69, 9.17) is 0 Å². The minimum atomic E-state index is -1.78. The van der Waals surface area contributed by atoms with E-state index in [1.54, 1.807) is 67.0 Å². The van der Waals surface area contributed by atoms with E-state index in [-0.39, 0.29) is 24.5 Å². The Morgan fingerprint density at radius 3 is 1.71 bits per heavy atom. The van der Waals surface area contributed by atoms with E-state index in [2.05, 4.69) is 30.9 Å². The molecule has 35 heavy (non-hydrogen) atoms. The van der Waals surface area contributed by atoms with Crippen molar-refractivity contribution in [2.45, 2.75) is 30.0 Å². The number of nitrogens with zero attached hydrogens (tertiary/aromatic N) is 3. The third-order valence-corrected chi connectivity index (χ3v) is 7.34. The van der Waals surface area contributed by atoms with Gasteiger partial charge in [-0.05, 0) is 72.9 Å². The van der Waals surface area contributed by atoms with E-state index in [1.807, 2.05) is 24.3 Å². The topological polar surface area (TPSA) is 96.2 Å². The van der Waals surface area contributed by atoms with Crippen LogP contribution < -0.4 is 0 Å². The Kier molecular flexibility index (Phi) is 6.32. The van der Waals surface area contributed by atoms with Gasteiger partial charge < -0.3 is 10.2 Å². The van der Waals surface area contributed by atoms with Crippen LogP contribution in [-0.2, 0) is 11.2 Å². The van der Waals surface area contributed by atoms with E-state index in [0.717, 1.165) is 10.0 Å². The molecule has 0 bridgehead atoms. The highest BCUT2D eigenvalue weighted by atomic mass is 79.9. The summed E-state index contributed by atoms with van der Waals surface area (Å²) in [4.78, 5) is 27.1. The molecule has 1 aliphatic carbocycles. The Morgan fingerprint density at radius 2 is 1.26 bits per heavy atom. The molecule has 1 fully saturated rings. The van der Waals surface area contributed by atoms with Gasteiger partial charge in [0.15, 0.2) is 5.78 Å². The predicted octanol–water partition coefficient (Wildman–Crippen LogP) is 4.79. The van der Waals surface area contributed by atoms with E-state index < -0.39 is 22.9 Å². The van der Waals surface area contributed by atoms with Crippen molar-refractivity contribution in [2.75, 3.05) is 0 Å². The van der Waals surface area contributed by atoms with E-state index in [1.165, 1.54) is 6.20 Å². The number of rotatable bonds is 5. The van der Waals surface area contributed by atoms with Crippen molar-refractivity contribution in [3.63, 3.8) is 0 Å². The molecule has 2 atom stereocenters. The summed E-state index contributed by atoms with van der Waals surface area (Å²) in [5.74, 6) is -2.00. The van der Waals surface area contributed by atoms with Crippen LogP contribution in [0.1, 0.15) is 46.2 Å². The monoisotopic (exact) mass is 529 g/mol. The van der Waals surface area contributed by atoms with Gasteiger partial charge in [-0.3, -0.25) is 19.7 Å². The summed E-state index contributed by atoms with van der Waals surface area (Å²) in [5.41, 5.74) is -1.80. The number of carbonyl (C=O) groups excluding carboxylic acids is 1. The Labute approximate surface area is 211 Å². The molecule has 0 saturated heterocycles. The molecule has 0 amide bonds. The fraction of sp³-hybridized carbons (Fsp3) is 0.214. The van der Waals surface area contributed by atoms with Gasteiger partial charge in [-0.1, -0.05) is 46.3 Å². The van der Waals surface area contributed by atoms with E-state index in [0.29, 0.717) is 11.4 Å². The van der Waals surface area contributed by atoms with Crippen LogP contribution in [-0.4, -0.2) is 30.9 Å². The number of hydrogen-bond acceptors (Lipinski definition) is 6. The van der Waals surface area contributed by atoms with Gasteiger partial charge in [0, 0.05) is 23.1 Å². The standard InChI is InChI=1S/C28H24BrN3O3/c29-21-12-10-19(11-13-21)20-17-27(34,23-8-2-5-15-31-23)26(25(33)22-7-1-4-14-30-22)28(35,18-20)24-9-3-6-16-32-24/h1-16,20,26,34-35H,17-18H2/t20?,26?,27-,28-/m0/s1. The van der Waals surface area contributed by atoms with Crippen LogP contribution in [0.2, 0.25) is 0 Å². The van der Waals surface area contributed by atoms with Gasteiger partial charge in [0.1, 0.15) is 16.9 Å². The van der Waals surface area contributed by atoms with Gasteiger partial charge in [0.05, 0.1) is 17.3 Å². The first-order valence-corrected chi connectivity index (χ1v) is 12.2. The van der Waals surface area contributed by atoms with E-state index in [9.17, 15) is 15.0 Å². The largest absolute Gasteiger partial charge is 0.383 e. The van der Waals surface area contributed by atoms with Crippen LogP contribution in [0.4, 0.5) is 0 Å². The van der Waals surface area contributed by atoms with Crippen LogP contribution in [0.5, 0.6) is 0 Å². The van der Waals surface area contributed by atoms with Crippen LogP contribution in [0.25, 0.3) is 0 Å². The summed E-state index contributed by atoms with van der Waals surface area (Å²) in [5, 5.41) is 24.8. The van der Waals surface area contributed by atoms with Crippen molar-refractivity contribution < 1.29 is 15.0 Å². The second-order valence-electron chi connectivity index (χ2n) is 8.95. The SMILES string of the molecule is O=C(c1ccccn1)C1[C@@](O)(c2ccccn2)CC(c2ccc(Br)cc2)C[C@]1(O)c1ccccn1. The van der Waals surface area contributed by atoms with Crippen molar-refractivity contribution in [2.24, 2.45) is 5.92 Å². The maximum Gasteiger partial charge on any atom is 0.190 e. The second kappa shape index (κ2) is 9.41. The maximum absolute atomic E-state index is 14.0. The summed E-state index contributed by atoms with van der Waals surface area (Å²) < 4.78 is 0.931. The van der Waals surface area contributed by atoms with Crippen molar-refractivity contribution in [3.05, 3.63) is 125 Å². The number of Topliss-reactive ketones (excluding diaryl/α,β-unsaturated/α-hetero) is 1. The number of ketones is 1. The molecule has 3 aromatic heterocycles. The molecule has 3 heterocycles. The highest BCUT2D eigenvalue weighted by Crippen LogP contribution is 2.56. The van der Waals surface area contributed by atoms with Gasteiger partial charge >= 0.3 is 0 Å². The number of pyridine rings is 3. The normalized spacial score (nSPS) is 26.3. The molecule has 0 spiro atoms. The first kappa shape index (κ1) is 23.5. The molecule has 0 unspecified atom stereocenters. The van der Waals surface area contributed by atoms with Crippen molar-refractivity contribution >= 4 is 21.7 Å². The zero-order valence-corrected chi connectivity index (χ0v) is 20.4. The van der Waals surface area contributed by atoms with Gasteiger partial charge in [-0.2, -0.15) is 0 Å². The minimum absolute atomic E-state index is 0.170.